The van der Waals surface area contributed by atoms with E-state index in [-0.39, 0.29) is 17.9 Å². The van der Waals surface area contributed by atoms with Crippen molar-refractivity contribution in [2.75, 3.05) is 6.54 Å². The number of aryl methyl sites for hydroxylation is 1. The Balaban J connectivity index is 1.57. The predicted octanol–water partition coefficient (Wildman–Crippen LogP) is 5.28. The molecule has 1 fully saturated rings. The topological polar surface area (TPSA) is 73.4 Å². The minimum atomic E-state index is -0.887. The van der Waals surface area contributed by atoms with Gasteiger partial charge in [0.2, 0.25) is 0 Å². The number of para-hydroxylation sites is 1. The molecule has 0 unspecified atom stereocenters. The number of nitrogens with zero attached hydrogens (tertiary/aromatic N) is 1. The zero-order valence-corrected chi connectivity index (χ0v) is 18.6. The molecule has 1 aromatic heterocycles. The third kappa shape index (κ3) is 3.77. The molecule has 0 saturated carbocycles. The highest BCUT2D eigenvalue weighted by molar-refractivity contribution is 6.46. The molecule has 0 bridgehead atoms. The molecule has 0 aliphatic carbocycles. The Bertz CT molecular complexity index is 1440. The maximum atomic E-state index is 14.2. The summed E-state index contributed by atoms with van der Waals surface area (Å²) in [7, 11) is 0. The van der Waals surface area contributed by atoms with Crippen molar-refractivity contribution >= 4 is 28.4 Å². The molecule has 4 aromatic rings. The highest BCUT2D eigenvalue weighted by Gasteiger charge is 2.46. The second-order valence-electron chi connectivity index (χ2n) is 8.52. The van der Waals surface area contributed by atoms with Gasteiger partial charge in [0.25, 0.3) is 11.7 Å². The van der Waals surface area contributed by atoms with E-state index in [4.69, 9.17) is 0 Å². The van der Waals surface area contributed by atoms with E-state index in [2.05, 4.69) is 4.98 Å². The molecule has 170 valence electrons. The number of Topliss-reactive ketones (excluding diaryl/α,β-unsaturated/α-hetero) is 1. The first kappa shape index (κ1) is 21.6. The maximum Gasteiger partial charge on any atom is 0.295 e. The number of carbonyl (C=O) groups excluding carboxylic acids is 2. The fourth-order valence-corrected chi connectivity index (χ4v) is 4.58. The monoisotopic (exact) mass is 454 g/mol. The number of ketones is 1. The summed E-state index contributed by atoms with van der Waals surface area (Å²) in [6.45, 7) is 2.15. The Hall–Kier alpha value is -4.19. The van der Waals surface area contributed by atoms with Gasteiger partial charge in [0.05, 0.1) is 11.6 Å². The van der Waals surface area contributed by atoms with E-state index < -0.39 is 23.5 Å². The van der Waals surface area contributed by atoms with E-state index in [9.17, 15) is 19.1 Å². The summed E-state index contributed by atoms with van der Waals surface area (Å²) in [5.74, 6) is -2.22. The number of aliphatic hydroxyl groups excluding tert-OH is 1. The fraction of sp³-hybridized carbons (Fsp3) is 0.143. The van der Waals surface area contributed by atoms with Crippen LogP contribution in [-0.4, -0.2) is 33.2 Å². The number of likely N-dealkylation sites (tertiary alicyclic amines) is 1. The van der Waals surface area contributed by atoms with Crippen LogP contribution in [0.2, 0.25) is 0 Å². The second-order valence-corrected chi connectivity index (χ2v) is 8.52. The van der Waals surface area contributed by atoms with Crippen LogP contribution in [0.5, 0.6) is 0 Å². The first-order valence-electron chi connectivity index (χ1n) is 11.1. The molecule has 0 spiro atoms. The fourth-order valence-electron chi connectivity index (χ4n) is 4.58. The zero-order chi connectivity index (χ0) is 23.8. The molecule has 1 saturated heterocycles. The average Bonchev–Trinajstić information content (AvgIpc) is 3.36. The van der Waals surface area contributed by atoms with E-state index in [0.29, 0.717) is 17.5 Å². The van der Waals surface area contributed by atoms with Crippen molar-refractivity contribution in [2.24, 2.45) is 0 Å². The number of nitrogens with one attached hydrogen (secondary N) is 1. The first-order valence-corrected chi connectivity index (χ1v) is 11.1. The van der Waals surface area contributed by atoms with Gasteiger partial charge in [-0.05, 0) is 42.7 Å². The van der Waals surface area contributed by atoms with Crippen molar-refractivity contribution in [2.45, 2.75) is 19.4 Å². The molecule has 34 heavy (non-hydrogen) atoms. The van der Waals surface area contributed by atoms with Crippen LogP contribution in [0.25, 0.3) is 16.7 Å². The Morgan fingerprint density at radius 1 is 1.03 bits per heavy atom. The highest BCUT2D eigenvalue weighted by Crippen LogP contribution is 2.39. The van der Waals surface area contributed by atoms with Crippen LogP contribution >= 0.6 is 0 Å². The van der Waals surface area contributed by atoms with Gasteiger partial charge in [-0.15, -0.1) is 0 Å². The molecular formula is C28H23FN2O3. The lowest BCUT2D eigenvalue weighted by atomic mass is 9.95. The van der Waals surface area contributed by atoms with Crippen molar-refractivity contribution in [3.05, 3.63) is 113 Å². The van der Waals surface area contributed by atoms with Gasteiger partial charge < -0.3 is 15.0 Å². The molecule has 5 nitrogen and oxygen atoms in total. The molecule has 1 atom stereocenters. The maximum absolute atomic E-state index is 14.2. The molecule has 3 aromatic carbocycles. The predicted molar refractivity (Wildman–Crippen MR) is 129 cm³/mol. The molecule has 2 heterocycles. The quantitative estimate of drug-likeness (QED) is 0.245. The van der Waals surface area contributed by atoms with Gasteiger partial charge >= 0.3 is 0 Å². The number of H-pyrrole nitrogens is 1. The molecule has 1 aliphatic rings. The smallest absolute Gasteiger partial charge is 0.295 e. The van der Waals surface area contributed by atoms with Crippen molar-refractivity contribution in [3.63, 3.8) is 0 Å². The lowest BCUT2D eigenvalue weighted by molar-refractivity contribution is -0.139. The Labute approximate surface area is 196 Å². The number of rotatable bonds is 5. The van der Waals surface area contributed by atoms with Crippen LogP contribution < -0.4 is 0 Å². The molecular weight excluding hydrogens is 431 g/mol. The van der Waals surface area contributed by atoms with Gasteiger partial charge in [-0.1, -0.05) is 60.2 Å². The third-order valence-corrected chi connectivity index (χ3v) is 6.33. The van der Waals surface area contributed by atoms with Crippen LogP contribution in [-0.2, 0) is 16.0 Å². The van der Waals surface area contributed by atoms with E-state index >= 15 is 0 Å². The molecule has 1 aliphatic heterocycles. The minimum Gasteiger partial charge on any atom is -0.507 e. The summed E-state index contributed by atoms with van der Waals surface area (Å²) < 4.78 is 14.2. The van der Waals surface area contributed by atoms with Crippen LogP contribution in [0, 0.1) is 12.7 Å². The van der Waals surface area contributed by atoms with Crippen molar-refractivity contribution in [1.82, 2.24) is 9.88 Å². The number of halogens is 1. The Morgan fingerprint density at radius 2 is 1.79 bits per heavy atom. The van der Waals surface area contributed by atoms with Crippen LogP contribution in [0.4, 0.5) is 4.39 Å². The van der Waals surface area contributed by atoms with Crippen LogP contribution in [0.3, 0.4) is 0 Å². The number of amides is 1. The number of hydrogen-bond acceptors (Lipinski definition) is 3. The summed E-state index contributed by atoms with van der Waals surface area (Å²) in [6.07, 6.45) is 2.39. The summed E-state index contributed by atoms with van der Waals surface area (Å²) in [6, 6.07) is 19.8. The van der Waals surface area contributed by atoms with Gasteiger partial charge in [0, 0.05) is 29.2 Å². The number of benzene rings is 3. The van der Waals surface area contributed by atoms with Gasteiger partial charge in [-0.3, -0.25) is 9.59 Å². The number of aliphatic hydroxyl groups is 1. The van der Waals surface area contributed by atoms with Gasteiger partial charge in [0.1, 0.15) is 11.6 Å². The Morgan fingerprint density at radius 3 is 2.56 bits per heavy atom. The molecule has 2 N–H and O–H groups in total. The molecule has 1 amide bonds. The SMILES string of the molecule is Cc1ccc(C(O)=C2C(=O)C(=O)N(CCc3c[nH]c4ccccc34)[C@@H]2c2cccc(F)c2)cc1. The highest BCUT2D eigenvalue weighted by atomic mass is 19.1. The second kappa shape index (κ2) is 8.63. The normalized spacial score (nSPS) is 17.6. The summed E-state index contributed by atoms with van der Waals surface area (Å²) in [5, 5.41) is 12.1. The van der Waals surface area contributed by atoms with E-state index in [1.165, 1.54) is 23.1 Å². The number of hydrogen-bond donors (Lipinski definition) is 2. The van der Waals surface area contributed by atoms with Crippen molar-refractivity contribution in [3.8, 4) is 0 Å². The zero-order valence-electron chi connectivity index (χ0n) is 18.6. The number of aromatic nitrogens is 1. The standard InChI is InChI=1S/C28H23FN2O3/c1-17-9-11-18(12-10-17)26(32)24-25(19-5-4-6-21(29)15-19)31(28(34)27(24)33)14-13-20-16-30-23-8-3-2-7-22(20)23/h2-12,15-16,25,30,32H,13-14H2,1H3/t25-/m1/s1. The molecule has 6 heteroatoms. The van der Waals surface area contributed by atoms with Gasteiger partial charge in [-0.25, -0.2) is 4.39 Å². The van der Waals surface area contributed by atoms with Gasteiger partial charge in [0.15, 0.2) is 0 Å². The molecule has 5 rings (SSSR count). The van der Waals surface area contributed by atoms with Crippen LogP contribution in [0.1, 0.15) is 28.3 Å². The minimum absolute atomic E-state index is 0.0293. The van der Waals surface area contributed by atoms with Crippen molar-refractivity contribution in [1.29, 1.82) is 0 Å². The Kier molecular flexibility index (Phi) is 5.49. The van der Waals surface area contributed by atoms with Crippen molar-refractivity contribution < 1.29 is 19.1 Å². The van der Waals surface area contributed by atoms with E-state index in [1.807, 2.05) is 49.5 Å². The average molecular weight is 455 g/mol. The summed E-state index contributed by atoms with van der Waals surface area (Å²) in [4.78, 5) is 30.9. The third-order valence-electron chi connectivity index (χ3n) is 6.33. The lowest BCUT2D eigenvalue weighted by Gasteiger charge is -2.25. The van der Waals surface area contributed by atoms with Gasteiger partial charge in [-0.2, -0.15) is 0 Å². The number of aromatic amines is 1. The molecule has 0 radical (unpaired) electrons. The number of carbonyl (C=O) groups is 2. The number of fused-ring (bicyclic) bond motifs is 1. The van der Waals surface area contributed by atoms with E-state index in [0.717, 1.165) is 22.0 Å². The summed E-state index contributed by atoms with van der Waals surface area (Å²) in [5.41, 5.74) is 3.83. The van der Waals surface area contributed by atoms with Crippen LogP contribution in [0.15, 0.2) is 84.6 Å². The largest absolute Gasteiger partial charge is 0.507 e. The lowest BCUT2D eigenvalue weighted by Crippen LogP contribution is -2.31. The first-order chi connectivity index (χ1) is 16.4. The summed E-state index contributed by atoms with van der Waals surface area (Å²) >= 11 is 0. The van der Waals surface area contributed by atoms with E-state index in [1.54, 1.807) is 18.2 Å².